The maximum atomic E-state index is 5.98. The molecule has 1 rings (SSSR count). The molecule has 1 unspecified atom stereocenters. The van der Waals surface area contributed by atoms with E-state index < -0.39 is 5.79 Å². The topological polar surface area (TPSA) is 18.5 Å². The van der Waals surface area contributed by atoms with Gasteiger partial charge >= 0.3 is 0 Å². The normalized spacial score (nSPS) is 21.5. The van der Waals surface area contributed by atoms with Gasteiger partial charge in [0, 0.05) is 11.8 Å². The minimum absolute atomic E-state index is 0.150. The third-order valence-electron chi connectivity index (χ3n) is 5.37. The van der Waals surface area contributed by atoms with Crippen LogP contribution in [0.1, 0.15) is 99.8 Å². The van der Waals surface area contributed by atoms with Crippen molar-refractivity contribution in [2.24, 2.45) is 17.3 Å². The van der Waals surface area contributed by atoms with Gasteiger partial charge in [-0.1, -0.05) is 72.0 Å². The van der Waals surface area contributed by atoms with Gasteiger partial charge in [-0.25, -0.2) is 0 Å². The van der Waals surface area contributed by atoms with Crippen molar-refractivity contribution in [3.8, 4) is 0 Å². The van der Waals surface area contributed by atoms with Crippen LogP contribution in [0.15, 0.2) is 11.6 Å². The van der Waals surface area contributed by atoms with Crippen molar-refractivity contribution in [1.82, 2.24) is 0 Å². The molecule has 25 heavy (non-hydrogen) atoms. The molecule has 0 aliphatic carbocycles. The quantitative estimate of drug-likeness (QED) is 0.368. The Morgan fingerprint density at radius 1 is 0.960 bits per heavy atom. The summed E-state index contributed by atoms with van der Waals surface area (Å²) in [6.45, 7) is 17.4. The van der Waals surface area contributed by atoms with Crippen LogP contribution in [0, 0.1) is 17.3 Å². The Morgan fingerprint density at radius 3 is 2.16 bits per heavy atom. The summed E-state index contributed by atoms with van der Waals surface area (Å²) in [5.41, 5.74) is 1.67. The largest absolute Gasteiger partial charge is 0.350 e. The fraction of sp³-hybridized carbons (Fsp3) is 0.913. The average Bonchev–Trinajstić information content (AvgIpc) is 2.50. The Balaban J connectivity index is 2.15. The monoisotopic (exact) mass is 352 g/mol. The highest BCUT2D eigenvalue weighted by Gasteiger charge is 2.36. The minimum Gasteiger partial charge on any atom is -0.350 e. The van der Waals surface area contributed by atoms with Crippen molar-refractivity contribution in [2.75, 3.05) is 13.2 Å². The van der Waals surface area contributed by atoms with Crippen LogP contribution in [0.2, 0.25) is 0 Å². The third kappa shape index (κ3) is 10.4. The van der Waals surface area contributed by atoms with Crippen molar-refractivity contribution in [2.45, 2.75) is 106 Å². The summed E-state index contributed by atoms with van der Waals surface area (Å²) in [5.74, 6) is 1.33. The first-order valence-electron chi connectivity index (χ1n) is 10.6. The number of ether oxygens (including phenoxy) is 2. The molecule has 0 radical (unpaired) electrons. The molecular weight excluding hydrogens is 308 g/mol. The lowest BCUT2D eigenvalue weighted by molar-refractivity contribution is -0.291. The molecular formula is C23H44O2. The Bertz CT molecular complexity index is 385. The van der Waals surface area contributed by atoms with Crippen LogP contribution in [0.5, 0.6) is 0 Å². The second kappa shape index (κ2) is 10.7. The van der Waals surface area contributed by atoms with Gasteiger partial charge in [-0.15, -0.1) is 0 Å². The van der Waals surface area contributed by atoms with Crippen LogP contribution >= 0.6 is 0 Å². The van der Waals surface area contributed by atoms with E-state index in [4.69, 9.17) is 9.47 Å². The van der Waals surface area contributed by atoms with Gasteiger partial charge in [0.2, 0.25) is 0 Å². The van der Waals surface area contributed by atoms with Crippen molar-refractivity contribution in [1.29, 1.82) is 0 Å². The van der Waals surface area contributed by atoms with Crippen LogP contribution in [0.3, 0.4) is 0 Å². The molecule has 1 saturated heterocycles. The molecule has 0 saturated carbocycles. The number of hydrogen-bond donors (Lipinski definition) is 0. The Hall–Kier alpha value is -0.340. The van der Waals surface area contributed by atoms with Crippen molar-refractivity contribution >= 4 is 0 Å². The van der Waals surface area contributed by atoms with Crippen LogP contribution in [-0.4, -0.2) is 19.0 Å². The van der Waals surface area contributed by atoms with Gasteiger partial charge in [0.25, 0.3) is 0 Å². The lowest BCUT2D eigenvalue weighted by Gasteiger charge is -2.41. The smallest absolute Gasteiger partial charge is 0.165 e. The van der Waals surface area contributed by atoms with E-state index in [-0.39, 0.29) is 5.41 Å². The predicted octanol–water partition coefficient (Wildman–Crippen LogP) is 7.13. The number of allylic oxidation sites excluding steroid dienone is 2. The standard InChI is InChI=1S/C23H44O2/c1-19(2)11-8-12-20(3)13-9-14-21(4)15-10-16-23(7)24-17-22(5,6)18-25-23/h15,19-20H,8-14,16-18H2,1-7H3. The lowest BCUT2D eigenvalue weighted by atomic mass is 9.93. The average molecular weight is 353 g/mol. The molecule has 2 nitrogen and oxygen atoms in total. The molecule has 0 bridgehead atoms. The van der Waals surface area contributed by atoms with Crippen molar-refractivity contribution < 1.29 is 9.47 Å². The molecule has 2 heteroatoms. The van der Waals surface area contributed by atoms with Crippen LogP contribution in [0.25, 0.3) is 0 Å². The van der Waals surface area contributed by atoms with E-state index in [9.17, 15) is 0 Å². The molecule has 0 amide bonds. The van der Waals surface area contributed by atoms with E-state index >= 15 is 0 Å². The number of rotatable bonds is 11. The summed E-state index contributed by atoms with van der Waals surface area (Å²) in [4.78, 5) is 0. The molecule has 148 valence electrons. The second-order valence-electron chi connectivity index (χ2n) is 9.79. The van der Waals surface area contributed by atoms with Gasteiger partial charge in [0.15, 0.2) is 5.79 Å². The first-order valence-corrected chi connectivity index (χ1v) is 10.6. The Kier molecular flexibility index (Phi) is 9.74. The van der Waals surface area contributed by atoms with Gasteiger partial charge in [0.05, 0.1) is 13.2 Å². The van der Waals surface area contributed by atoms with Crippen molar-refractivity contribution in [3.05, 3.63) is 11.6 Å². The van der Waals surface area contributed by atoms with Gasteiger partial charge in [0.1, 0.15) is 0 Å². The van der Waals surface area contributed by atoms with Gasteiger partial charge in [-0.05, 0) is 44.9 Å². The van der Waals surface area contributed by atoms with E-state index in [1.807, 2.05) is 0 Å². The molecule has 1 heterocycles. The molecule has 1 aliphatic heterocycles. The van der Waals surface area contributed by atoms with Gasteiger partial charge in [-0.2, -0.15) is 0 Å². The highest BCUT2D eigenvalue weighted by molar-refractivity contribution is 4.98. The summed E-state index contributed by atoms with van der Waals surface area (Å²) in [6, 6.07) is 0. The first-order chi connectivity index (χ1) is 11.6. The van der Waals surface area contributed by atoms with Gasteiger partial charge in [-0.3, -0.25) is 0 Å². The van der Waals surface area contributed by atoms with Gasteiger partial charge < -0.3 is 9.47 Å². The van der Waals surface area contributed by atoms with E-state index in [0.29, 0.717) is 0 Å². The summed E-state index contributed by atoms with van der Waals surface area (Å²) < 4.78 is 12.0. The summed E-state index contributed by atoms with van der Waals surface area (Å²) >= 11 is 0. The molecule has 0 N–H and O–H groups in total. The van der Waals surface area contributed by atoms with Crippen LogP contribution in [-0.2, 0) is 9.47 Å². The van der Waals surface area contributed by atoms with E-state index in [2.05, 4.69) is 54.5 Å². The maximum Gasteiger partial charge on any atom is 0.165 e. The van der Waals surface area contributed by atoms with Crippen LogP contribution in [0.4, 0.5) is 0 Å². The van der Waals surface area contributed by atoms with E-state index in [1.165, 1.54) is 44.1 Å². The molecule has 1 atom stereocenters. The predicted molar refractivity (Wildman–Crippen MR) is 109 cm³/mol. The van der Waals surface area contributed by atoms with E-state index in [1.54, 1.807) is 0 Å². The lowest BCUT2D eigenvalue weighted by Crippen LogP contribution is -2.45. The Morgan fingerprint density at radius 2 is 1.56 bits per heavy atom. The highest BCUT2D eigenvalue weighted by atomic mass is 16.7. The number of hydrogen-bond acceptors (Lipinski definition) is 2. The third-order valence-corrected chi connectivity index (χ3v) is 5.37. The minimum atomic E-state index is -0.392. The zero-order chi connectivity index (χ0) is 18.9. The first kappa shape index (κ1) is 22.7. The molecule has 1 aliphatic rings. The zero-order valence-corrected chi connectivity index (χ0v) is 18.1. The van der Waals surface area contributed by atoms with Crippen molar-refractivity contribution in [3.63, 3.8) is 0 Å². The fourth-order valence-corrected chi connectivity index (χ4v) is 3.35. The SMILES string of the molecule is CC(=CCCC1(C)OCC(C)(C)CO1)CCCC(C)CCCC(C)C. The zero-order valence-electron chi connectivity index (χ0n) is 18.1. The summed E-state index contributed by atoms with van der Waals surface area (Å²) in [6.07, 6.45) is 12.5. The second-order valence-corrected chi connectivity index (χ2v) is 9.79. The molecule has 0 aromatic carbocycles. The molecule has 0 aromatic heterocycles. The summed E-state index contributed by atoms with van der Waals surface area (Å²) in [5, 5.41) is 0. The maximum absolute atomic E-state index is 5.98. The van der Waals surface area contributed by atoms with E-state index in [0.717, 1.165) is 37.9 Å². The molecule has 0 aromatic rings. The molecule has 1 fully saturated rings. The van der Waals surface area contributed by atoms with Crippen LogP contribution < -0.4 is 0 Å². The fourth-order valence-electron chi connectivity index (χ4n) is 3.35. The highest BCUT2D eigenvalue weighted by Crippen LogP contribution is 2.32. The Labute approximate surface area is 157 Å². The summed E-state index contributed by atoms with van der Waals surface area (Å²) in [7, 11) is 0. The molecule has 0 spiro atoms.